The normalized spacial score (nSPS) is 28.9. The van der Waals surface area contributed by atoms with Crippen LogP contribution in [0.2, 0.25) is 0 Å². The van der Waals surface area contributed by atoms with Crippen LogP contribution in [0.5, 0.6) is 0 Å². The van der Waals surface area contributed by atoms with Crippen molar-refractivity contribution in [3.05, 3.63) is 72.2 Å². The Bertz CT molecular complexity index is 770. The summed E-state index contributed by atoms with van der Waals surface area (Å²) in [5, 5.41) is 13.5. The zero-order valence-corrected chi connectivity index (χ0v) is 17.3. The van der Waals surface area contributed by atoms with Crippen LogP contribution in [0.25, 0.3) is 0 Å². The fraction of sp³-hybridized carbons (Fsp3) is 0.364. The molecule has 2 unspecified atom stereocenters. The zero-order chi connectivity index (χ0) is 19.9. The Hall–Kier alpha value is -2.11. The molecule has 2 heterocycles. The Labute approximate surface area is 167 Å². The third kappa shape index (κ3) is 5.94. The van der Waals surface area contributed by atoms with Gasteiger partial charge in [-0.15, -0.1) is 6.58 Å². The maximum atomic E-state index is 9.32. The molecule has 0 saturated carbocycles. The first-order chi connectivity index (χ1) is 12.9. The molecule has 0 aromatic rings. The van der Waals surface area contributed by atoms with E-state index in [0.29, 0.717) is 0 Å². The molecule has 2 aliphatic rings. The Morgan fingerprint density at radius 3 is 2.89 bits per heavy atom. The second-order valence-electron chi connectivity index (χ2n) is 6.89. The molecule has 0 spiro atoms. The van der Waals surface area contributed by atoms with Gasteiger partial charge in [0.25, 0.3) is 0 Å². The molecule has 0 aromatic heterocycles. The molecule has 4 nitrogen and oxygen atoms in total. The SMILES string of the molecule is C=C[C@H]1SC(/C=C/C(C)=C/C2C=CC=C(NC)N=C2)=NC1(C)/C=C(\C)CO. The highest BCUT2D eigenvalue weighted by Gasteiger charge is 2.36. The molecule has 0 saturated heterocycles. The molecule has 0 amide bonds. The van der Waals surface area contributed by atoms with E-state index in [1.807, 2.05) is 44.5 Å². The molecule has 0 radical (unpaired) electrons. The standard InChI is InChI=1S/C22H29N3OS/c1-6-19-22(4,13-17(3)15-26)25-21(27-19)11-10-16(2)12-18-8-7-9-20(23-5)24-14-18/h6-14,18-19,23,26H,1,15H2,2-5H3/b11-10+,16-12+,17-13+/t18?,19-,22?/m1/s1. The van der Waals surface area contributed by atoms with Crippen LogP contribution < -0.4 is 5.32 Å². The largest absolute Gasteiger partial charge is 0.392 e. The number of allylic oxidation sites excluding steroid dienone is 6. The van der Waals surface area contributed by atoms with Crippen LogP contribution in [0.15, 0.2) is 82.1 Å². The smallest absolute Gasteiger partial charge is 0.125 e. The average molecular weight is 384 g/mol. The van der Waals surface area contributed by atoms with Gasteiger partial charge in [0.2, 0.25) is 0 Å². The van der Waals surface area contributed by atoms with Gasteiger partial charge in [-0.1, -0.05) is 53.8 Å². The van der Waals surface area contributed by atoms with E-state index in [-0.39, 0.29) is 23.3 Å². The second-order valence-corrected chi connectivity index (χ2v) is 8.05. The van der Waals surface area contributed by atoms with Crippen molar-refractivity contribution in [2.75, 3.05) is 13.7 Å². The van der Waals surface area contributed by atoms with Crippen molar-refractivity contribution in [1.29, 1.82) is 0 Å². The third-order valence-electron chi connectivity index (χ3n) is 4.35. The van der Waals surface area contributed by atoms with E-state index in [9.17, 15) is 5.11 Å². The Kier molecular flexibility index (Phi) is 7.63. The number of thioether (sulfide) groups is 1. The van der Waals surface area contributed by atoms with Crippen LogP contribution in [0.1, 0.15) is 20.8 Å². The molecule has 2 N–H and O–H groups in total. The topological polar surface area (TPSA) is 57.0 Å². The quantitative estimate of drug-likeness (QED) is 0.512. The molecule has 0 bridgehead atoms. The predicted octanol–water partition coefficient (Wildman–Crippen LogP) is 4.20. The summed E-state index contributed by atoms with van der Waals surface area (Å²) in [5.41, 5.74) is 1.70. The van der Waals surface area contributed by atoms with Crippen LogP contribution in [0.4, 0.5) is 0 Å². The summed E-state index contributed by atoms with van der Waals surface area (Å²) in [6, 6.07) is 0. The van der Waals surface area contributed by atoms with Crippen molar-refractivity contribution in [2.24, 2.45) is 15.9 Å². The van der Waals surface area contributed by atoms with Crippen molar-refractivity contribution in [2.45, 2.75) is 31.6 Å². The number of aliphatic hydroxyl groups excluding tert-OH is 1. The van der Waals surface area contributed by atoms with E-state index >= 15 is 0 Å². The number of nitrogens with zero attached hydrogens (tertiary/aromatic N) is 2. The lowest BCUT2D eigenvalue weighted by Gasteiger charge is -2.22. The summed E-state index contributed by atoms with van der Waals surface area (Å²) in [7, 11) is 1.86. The van der Waals surface area contributed by atoms with Gasteiger partial charge in [0, 0.05) is 19.2 Å². The van der Waals surface area contributed by atoms with Crippen LogP contribution in [-0.4, -0.2) is 40.8 Å². The maximum Gasteiger partial charge on any atom is 0.125 e. The van der Waals surface area contributed by atoms with Gasteiger partial charge in [-0.25, -0.2) is 4.99 Å². The van der Waals surface area contributed by atoms with Crippen molar-refractivity contribution in [1.82, 2.24) is 5.32 Å². The molecule has 2 rings (SSSR count). The Balaban J connectivity index is 2.12. The number of aliphatic hydroxyl groups is 1. The van der Waals surface area contributed by atoms with Gasteiger partial charge < -0.3 is 10.4 Å². The molecule has 27 heavy (non-hydrogen) atoms. The number of rotatable bonds is 7. The van der Waals surface area contributed by atoms with Crippen LogP contribution >= 0.6 is 11.8 Å². The lowest BCUT2D eigenvalue weighted by Crippen LogP contribution is -2.28. The first-order valence-electron chi connectivity index (χ1n) is 9.05. The summed E-state index contributed by atoms with van der Waals surface area (Å²) >= 11 is 1.70. The highest BCUT2D eigenvalue weighted by atomic mass is 32.2. The van der Waals surface area contributed by atoms with Crippen molar-refractivity contribution in [3.8, 4) is 0 Å². The minimum Gasteiger partial charge on any atom is -0.392 e. The van der Waals surface area contributed by atoms with Crippen molar-refractivity contribution >= 4 is 23.0 Å². The Morgan fingerprint density at radius 1 is 1.44 bits per heavy atom. The summed E-state index contributed by atoms with van der Waals surface area (Å²) in [6.45, 7) is 10.1. The molecular formula is C22H29N3OS. The summed E-state index contributed by atoms with van der Waals surface area (Å²) in [4.78, 5) is 9.28. The van der Waals surface area contributed by atoms with Crippen molar-refractivity contribution < 1.29 is 5.11 Å². The van der Waals surface area contributed by atoms with E-state index in [1.165, 1.54) is 0 Å². The van der Waals surface area contributed by atoms with E-state index in [0.717, 1.165) is 22.0 Å². The maximum absolute atomic E-state index is 9.32. The molecule has 5 heteroatoms. The number of hydrogen-bond acceptors (Lipinski definition) is 5. The number of nitrogens with one attached hydrogen (secondary N) is 1. The first-order valence-corrected chi connectivity index (χ1v) is 9.93. The van der Waals surface area contributed by atoms with Gasteiger partial charge in [-0.3, -0.25) is 4.99 Å². The summed E-state index contributed by atoms with van der Waals surface area (Å²) in [6.07, 6.45) is 18.3. The monoisotopic (exact) mass is 383 g/mol. The molecule has 3 atom stereocenters. The van der Waals surface area contributed by atoms with Gasteiger partial charge in [0.15, 0.2) is 0 Å². The zero-order valence-electron chi connectivity index (χ0n) is 16.5. The minimum atomic E-state index is -0.373. The molecule has 0 aliphatic carbocycles. The summed E-state index contributed by atoms with van der Waals surface area (Å²) in [5.74, 6) is 1.02. The lowest BCUT2D eigenvalue weighted by molar-refractivity contribution is 0.329. The highest BCUT2D eigenvalue weighted by molar-refractivity contribution is 8.15. The van der Waals surface area contributed by atoms with Gasteiger partial charge >= 0.3 is 0 Å². The average Bonchev–Trinajstić information content (AvgIpc) is 2.80. The van der Waals surface area contributed by atoms with Crippen LogP contribution in [0.3, 0.4) is 0 Å². The highest BCUT2D eigenvalue weighted by Crippen LogP contribution is 2.38. The predicted molar refractivity (Wildman–Crippen MR) is 119 cm³/mol. The molecular weight excluding hydrogens is 354 g/mol. The molecule has 144 valence electrons. The summed E-state index contributed by atoms with van der Waals surface area (Å²) < 4.78 is 0. The third-order valence-corrected chi connectivity index (χ3v) is 5.74. The van der Waals surface area contributed by atoms with E-state index in [2.05, 4.69) is 55.0 Å². The first kappa shape index (κ1) is 21.2. The molecule has 0 aromatic carbocycles. The fourth-order valence-electron chi connectivity index (χ4n) is 2.94. The second kappa shape index (κ2) is 9.72. The lowest BCUT2D eigenvalue weighted by atomic mass is 9.95. The van der Waals surface area contributed by atoms with E-state index in [1.54, 1.807) is 11.8 Å². The number of hydrogen-bond donors (Lipinski definition) is 2. The van der Waals surface area contributed by atoms with Gasteiger partial charge in [-0.2, -0.15) is 0 Å². The van der Waals surface area contributed by atoms with Crippen molar-refractivity contribution in [3.63, 3.8) is 0 Å². The van der Waals surface area contributed by atoms with Gasteiger partial charge in [0.1, 0.15) is 5.82 Å². The van der Waals surface area contributed by atoms with Gasteiger partial charge in [-0.05, 0) is 38.5 Å². The molecule has 2 aliphatic heterocycles. The van der Waals surface area contributed by atoms with E-state index < -0.39 is 0 Å². The fourth-order valence-corrected chi connectivity index (χ4v) is 4.05. The minimum absolute atomic E-state index is 0.0488. The van der Waals surface area contributed by atoms with Gasteiger partial charge in [0.05, 0.1) is 22.4 Å². The van der Waals surface area contributed by atoms with Crippen LogP contribution in [-0.2, 0) is 0 Å². The van der Waals surface area contributed by atoms with Crippen LogP contribution in [0, 0.1) is 5.92 Å². The molecule has 0 fully saturated rings. The Morgan fingerprint density at radius 2 is 2.22 bits per heavy atom. The number of aliphatic imine (C=N–C) groups is 2. The van der Waals surface area contributed by atoms with E-state index in [4.69, 9.17) is 4.99 Å².